The first-order chi connectivity index (χ1) is 14.7. The highest BCUT2D eigenvalue weighted by Crippen LogP contribution is 2.28. The maximum atomic E-state index is 5.98. The Labute approximate surface area is 198 Å². The quantitative estimate of drug-likeness (QED) is 0.228. The van der Waals surface area contributed by atoms with Crippen molar-refractivity contribution in [2.45, 2.75) is 22.4 Å². The van der Waals surface area contributed by atoms with E-state index in [1.165, 1.54) is 11.1 Å². The maximum Gasteiger partial charge on any atom is 0.196 e. The molecular weight excluding hydrogens is 498 g/mol. The van der Waals surface area contributed by atoms with Crippen LogP contribution in [0.4, 0.5) is 0 Å². The van der Waals surface area contributed by atoms with Crippen LogP contribution in [-0.2, 0) is 17.3 Å². The number of para-hydroxylation sites is 1. The third-order valence-corrected chi connectivity index (χ3v) is 7.19. The summed E-state index contributed by atoms with van der Waals surface area (Å²) in [5, 5.41) is 10.7. The van der Waals surface area contributed by atoms with E-state index in [0.29, 0.717) is 0 Å². The molecule has 0 spiro atoms. The molecule has 4 rings (SSSR count). The lowest BCUT2D eigenvalue weighted by molar-refractivity contribution is 0.864. The number of halogens is 2. The third kappa shape index (κ3) is 5.70. The van der Waals surface area contributed by atoms with Crippen LogP contribution in [0.15, 0.2) is 88.5 Å². The van der Waals surface area contributed by atoms with Gasteiger partial charge in [0.1, 0.15) is 5.82 Å². The van der Waals surface area contributed by atoms with Crippen LogP contribution in [0.3, 0.4) is 0 Å². The standard InChI is InChI=1S/C23H19BrClN3S2/c24-19-10-6-18(7-11-19)15-30-23-27-26-22(28(23)21-4-2-1-3-5-21)16-29-14-17-8-12-20(25)13-9-17/h1-13H,14-16H2. The van der Waals surface area contributed by atoms with E-state index >= 15 is 0 Å². The van der Waals surface area contributed by atoms with E-state index in [9.17, 15) is 0 Å². The van der Waals surface area contributed by atoms with Crippen molar-refractivity contribution in [2.75, 3.05) is 0 Å². The van der Waals surface area contributed by atoms with Gasteiger partial charge >= 0.3 is 0 Å². The van der Waals surface area contributed by atoms with E-state index in [2.05, 4.69) is 79.2 Å². The normalized spacial score (nSPS) is 11.0. The lowest BCUT2D eigenvalue weighted by Gasteiger charge is -2.10. The van der Waals surface area contributed by atoms with Crippen LogP contribution in [0.25, 0.3) is 5.69 Å². The van der Waals surface area contributed by atoms with Crippen LogP contribution in [0.2, 0.25) is 5.02 Å². The molecule has 0 aliphatic rings. The molecule has 152 valence electrons. The van der Waals surface area contributed by atoms with Crippen LogP contribution in [0.5, 0.6) is 0 Å². The van der Waals surface area contributed by atoms with Crippen molar-refractivity contribution in [1.29, 1.82) is 0 Å². The van der Waals surface area contributed by atoms with Crippen molar-refractivity contribution in [3.63, 3.8) is 0 Å². The molecule has 1 heterocycles. The predicted molar refractivity (Wildman–Crippen MR) is 132 cm³/mol. The van der Waals surface area contributed by atoms with Crippen LogP contribution >= 0.6 is 51.1 Å². The first-order valence-corrected chi connectivity index (χ1v) is 12.7. The van der Waals surface area contributed by atoms with Gasteiger partial charge in [-0.05, 0) is 47.5 Å². The number of hydrogen-bond acceptors (Lipinski definition) is 4. The van der Waals surface area contributed by atoms with E-state index in [-0.39, 0.29) is 0 Å². The van der Waals surface area contributed by atoms with Crippen molar-refractivity contribution in [3.8, 4) is 5.69 Å². The minimum absolute atomic E-state index is 0.764. The predicted octanol–water partition coefficient (Wildman–Crippen LogP) is 7.41. The summed E-state index contributed by atoms with van der Waals surface area (Å²) in [6.45, 7) is 0. The molecule has 4 aromatic rings. The number of benzene rings is 3. The molecule has 3 nitrogen and oxygen atoms in total. The fourth-order valence-corrected chi connectivity index (χ4v) is 5.11. The second-order valence-electron chi connectivity index (χ2n) is 6.60. The Hall–Kier alpha value is -1.73. The molecule has 0 amide bonds. The summed E-state index contributed by atoms with van der Waals surface area (Å²) in [7, 11) is 0. The van der Waals surface area contributed by atoms with Crippen molar-refractivity contribution in [1.82, 2.24) is 14.8 Å². The Kier molecular flexibility index (Phi) is 7.55. The first-order valence-electron chi connectivity index (χ1n) is 9.38. The largest absolute Gasteiger partial charge is 0.273 e. The zero-order chi connectivity index (χ0) is 20.8. The molecule has 30 heavy (non-hydrogen) atoms. The molecule has 0 saturated heterocycles. The van der Waals surface area contributed by atoms with Crippen molar-refractivity contribution < 1.29 is 0 Å². The topological polar surface area (TPSA) is 30.7 Å². The number of nitrogens with zero attached hydrogens (tertiary/aromatic N) is 3. The van der Waals surface area contributed by atoms with Gasteiger partial charge in [-0.3, -0.25) is 4.57 Å². The SMILES string of the molecule is Clc1ccc(CSCc2nnc(SCc3ccc(Br)cc3)n2-c2ccccc2)cc1. The Bertz CT molecular complexity index is 1080. The summed E-state index contributed by atoms with van der Waals surface area (Å²) >= 11 is 13.0. The molecule has 0 fully saturated rings. The van der Waals surface area contributed by atoms with Crippen LogP contribution in [-0.4, -0.2) is 14.8 Å². The molecule has 0 N–H and O–H groups in total. The molecule has 0 atom stereocenters. The number of hydrogen-bond donors (Lipinski definition) is 0. The molecule has 0 aliphatic heterocycles. The lowest BCUT2D eigenvalue weighted by atomic mass is 10.2. The summed E-state index contributed by atoms with van der Waals surface area (Å²) in [4.78, 5) is 0. The van der Waals surface area contributed by atoms with Gasteiger partial charge < -0.3 is 0 Å². The Balaban J connectivity index is 1.49. The average molecular weight is 517 g/mol. The van der Waals surface area contributed by atoms with Gasteiger partial charge in [0.15, 0.2) is 5.16 Å². The van der Waals surface area contributed by atoms with Gasteiger partial charge in [-0.1, -0.05) is 81.8 Å². The van der Waals surface area contributed by atoms with E-state index in [4.69, 9.17) is 11.6 Å². The highest BCUT2D eigenvalue weighted by Gasteiger charge is 2.14. The highest BCUT2D eigenvalue weighted by atomic mass is 79.9. The number of aromatic nitrogens is 3. The highest BCUT2D eigenvalue weighted by molar-refractivity contribution is 9.10. The van der Waals surface area contributed by atoms with Crippen molar-refractivity contribution in [3.05, 3.63) is 105 Å². The summed E-state index contributed by atoms with van der Waals surface area (Å²) in [6.07, 6.45) is 0. The molecule has 7 heteroatoms. The maximum absolute atomic E-state index is 5.98. The smallest absolute Gasteiger partial charge is 0.196 e. The molecule has 0 radical (unpaired) electrons. The Morgan fingerprint density at radius 3 is 2.17 bits per heavy atom. The van der Waals surface area contributed by atoms with Gasteiger partial charge in [-0.25, -0.2) is 0 Å². The second-order valence-corrected chi connectivity index (χ2v) is 9.88. The lowest BCUT2D eigenvalue weighted by Crippen LogP contribution is -2.02. The van der Waals surface area contributed by atoms with Gasteiger partial charge in [0.2, 0.25) is 0 Å². The second kappa shape index (κ2) is 10.5. The van der Waals surface area contributed by atoms with Gasteiger partial charge in [-0.2, -0.15) is 0 Å². The van der Waals surface area contributed by atoms with E-state index in [0.717, 1.165) is 43.4 Å². The minimum Gasteiger partial charge on any atom is -0.273 e. The van der Waals surface area contributed by atoms with E-state index in [1.807, 2.05) is 42.1 Å². The van der Waals surface area contributed by atoms with Crippen LogP contribution in [0.1, 0.15) is 17.0 Å². The van der Waals surface area contributed by atoms with Crippen LogP contribution in [0, 0.1) is 0 Å². The molecule has 1 aromatic heterocycles. The fraction of sp³-hybridized carbons (Fsp3) is 0.130. The summed E-state index contributed by atoms with van der Waals surface area (Å²) in [6, 6.07) is 26.7. The zero-order valence-corrected chi connectivity index (χ0v) is 20.0. The molecule has 0 bridgehead atoms. The molecular formula is C23H19BrClN3S2. The molecule has 0 aliphatic carbocycles. The van der Waals surface area contributed by atoms with Crippen LogP contribution < -0.4 is 0 Å². The molecule has 0 saturated carbocycles. The van der Waals surface area contributed by atoms with Crippen molar-refractivity contribution in [2.24, 2.45) is 0 Å². The minimum atomic E-state index is 0.764. The third-order valence-electron chi connectivity index (χ3n) is 4.41. The van der Waals surface area contributed by atoms with Gasteiger partial charge in [0, 0.05) is 26.7 Å². The first kappa shape index (κ1) is 21.5. The average Bonchev–Trinajstić information content (AvgIpc) is 3.18. The number of rotatable bonds is 8. The monoisotopic (exact) mass is 515 g/mol. The summed E-state index contributed by atoms with van der Waals surface area (Å²) < 4.78 is 3.25. The van der Waals surface area contributed by atoms with Gasteiger partial charge in [0.25, 0.3) is 0 Å². The van der Waals surface area contributed by atoms with E-state index < -0.39 is 0 Å². The van der Waals surface area contributed by atoms with Gasteiger partial charge in [0.05, 0.1) is 5.75 Å². The van der Waals surface area contributed by atoms with Crippen molar-refractivity contribution >= 4 is 51.1 Å². The molecule has 0 unspecified atom stereocenters. The zero-order valence-electron chi connectivity index (χ0n) is 16.0. The van der Waals surface area contributed by atoms with Gasteiger partial charge in [-0.15, -0.1) is 22.0 Å². The van der Waals surface area contributed by atoms with E-state index in [1.54, 1.807) is 11.8 Å². The molecule has 3 aromatic carbocycles. The Morgan fingerprint density at radius 1 is 0.767 bits per heavy atom. The number of thioether (sulfide) groups is 2. The summed E-state index contributed by atoms with van der Waals surface area (Å²) in [5.74, 6) is 3.48. The summed E-state index contributed by atoms with van der Waals surface area (Å²) in [5.41, 5.74) is 3.59. The Morgan fingerprint density at radius 2 is 1.43 bits per heavy atom. The fourth-order valence-electron chi connectivity index (χ4n) is 2.89.